The topological polar surface area (TPSA) is 42.9 Å². The van der Waals surface area contributed by atoms with Gasteiger partial charge in [0.05, 0.1) is 20.8 Å². The average Bonchev–Trinajstić information content (AvgIpc) is 2.85. The van der Waals surface area contributed by atoms with Crippen molar-refractivity contribution in [2.45, 2.75) is 18.6 Å². The molecule has 1 atom stereocenters. The zero-order chi connectivity index (χ0) is 13.0. The molecule has 1 aromatic carbocycles. The van der Waals surface area contributed by atoms with E-state index in [2.05, 4.69) is 17.2 Å². The summed E-state index contributed by atoms with van der Waals surface area (Å²) in [6.45, 7) is 3.08. The lowest BCUT2D eigenvalue weighted by molar-refractivity contribution is 0.395. The summed E-state index contributed by atoms with van der Waals surface area (Å²) in [4.78, 5) is 4.48. The second-order valence-corrected chi connectivity index (χ2v) is 5.31. The van der Waals surface area contributed by atoms with Crippen molar-refractivity contribution in [2.24, 2.45) is 4.99 Å². The van der Waals surface area contributed by atoms with Gasteiger partial charge in [-0.15, -0.1) is 0 Å². The maximum absolute atomic E-state index is 5.24. The number of benzene rings is 1. The second-order valence-electron chi connectivity index (χ2n) is 4.02. The van der Waals surface area contributed by atoms with Crippen LogP contribution in [0.4, 0.5) is 5.69 Å². The first kappa shape index (κ1) is 13.1. The molecule has 1 aliphatic heterocycles. The van der Waals surface area contributed by atoms with Crippen molar-refractivity contribution >= 4 is 22.6 Å². The Balaban J connectivity index is 2.09. The molecule has 1 aromatic rings. The van der Waals surface area contributed by atoms with Gasteiger partial charge in [-0.2, -0.15) is 0 Å². The van der Waals surface area contributed by atoms with Gasteiger partial charge in [-0.05, 0) is 6.42 Å². The van der Waals surface area contributed by atoms with E-state index in [1.165, 1.54) is 0 Å². The van der Waals surface area contributed by atoms with E-state index in [0.717, 1.165) is 35.3 Å². The first-order valence-electron chi connectivity index (χ1n) is 5.96. The fourth-order valence-electron chi connectivity index (χ4n) is 1.70. The van der Waals surface area contributed by atoms with Crippen molar-refractivity contribution in [1.82, 2.24) is 0 Å². The number of aliphatic imine (C=N–C) groups is 1. The molecule has 1 aliphatic rings. The number of nitrogens with one attached hydrogen (secondary N) is 1. The molecule has 18 heavy (non-hydrogen) atoms. The third kappa shape index (κ3) is 3.10. The molecule has 0 amide bonds. The number of hydrogen-bond acceptors (Lipinski definition) is 5. The molecule has 0 spiro atoms. The molecule has 2 rings (SSSR count). The minimum absolute atomic E-state index is 0.597. The lowest BCUT2D eigenvalue weighted by Crippen LogP contribution is -2.07. The van der Waals surface area contributed by atoms with Crippen LogP contribution in [0.3, 0.4) is 0 Å². The Kier molecular flexibility index (Phi) is 4.36. The molecular formula is C13H18N2O2S. The maximum Gasteiger partial charge on any atom is 0.161 e. The van der Waals surface area contributed by atoms with Crippen LogP contribution in [-0.2, 0) is 0 Å². The molecule has 0 bridgehead atoms. The normalized spacial score (nSPS) is 18.4. The van der Waals surface area contributed by atoms with E-state index in [1.807, 2.05) is 18.2 Å². The van der Waals surface area contributed by atoms with Gasteiger partial charge < -0.3 is 14.8 Å². The monoisotopic (exact) mass is 266 g/mol. The molecule has 0 saturated carbocycles. The Morgan fingerprint density at radius 2 is 1.94 bits per heavy atom. The van der Waals surface area contributed by atoms with Crippen LogP contribution in [0.25, 0.3) is 0 Å². The van der Waals surface area contributed by atoms with Gasteiger partial charge in [-0.25, -0.2) is 0 Å². The average molecular weight is 266 g/mol. The summed E-state index contributed by atoms with van der Waals surface area (Å²) >= 11 is 1.79. The molecule has 0 saturated heterocycles. The van der Waals surface area contributed by atoms with Gasteiger partial charge >= 0.3 is 0 Å². The molecular weight excluding hydrogens is 248 g/mol. The maximum atomic E-state index is 5.24. The van der Waals surface area contributed by atoms with Gasteiger partial charge in [-0.3, -0.25) is 4.99 Å². The van der Waals surface area contributed by atoms with E-state index in [4.69, 9.17) is 9.47 Å². The highest BCUT2D eigenvalue weighted by Crippen LogP contribution is 2.29. The third-order valence-corrected chi connectivity index (χ3v) is 4.05. The summed E-state index contributed by atoms with van der Waals surface area (Å²) in [5.74, 6) is 1.54. The molecule has 0 aromatic heterocycles. The van der Waals surface area contributed by atoms with Gasteiger partial charge in [0, 0.05) is 29.1 Å². The Labute approximate surface area is 112 Å². The van der Waals surface area contributed by atoms with E-state index in [0.29, 0.717) is 5.25 Å². The van der Waals surface area contributed by atoms with Crippen molar-refractivity contribution < 1.29 is 9.47 Å². The van der Waals surface area contributed by atoms with E-state index >= 15 is 0 Å². The number of hydrogen-bond donors (Lipinski definition) is 1. The third-order valence-electron chi connectivity index (χ3n) is 2.77. The Morgan fingerprint density at radius 1 is 1.28 bits per heavy atom. The molecule has 1 unspecified atom stereocenters. The summed E-state index contributed by atoms with van der Waals surface area (Å²) in [6.07, 6.45) is 1.14. The van der Waals surface area contributed by atoms with Crippen molar-refractivity contribution in [1.29, 1.82) is 0 Å². The summed E-state index contributed by atoms with van der Waals surface area (Å²) in [5.41, 5.74) is 0.939. The van der Waals surface area contributed by atoms with Crippen LogP contribution in [0.2, 0.25) is 0 Å². The van der Waals surface area contributed by atoms with E-state index < -0.39 is 0 Å². The predicted molar refractivity (Wildman–Crippen MR) is 77.1 cm³/mol. The lowest BCUT2D eigenvalue weighted by Gasteiger charge is -2.10. The van der Waals surface area contributed by atoms with Crippen LogP contribution < -0.4 is 14.8 Å². The molecule has 0 radical (unpaired) electrons. The summed E-state index contributed by atoms with van der Waals surface area (Å²) in [5, 5.41) is 4.87. The molecule has 1 N–H and O–H groups in total. The zero-order valence-corrected chi connectivity index (χ0v) is 11.7. The standard InChI is InChI=1S/C13H18N2O2S/c1-4-12-8-14-13(18-12)15-9-5-10(16-2)7-11(6-9)17-3/h5-7,12H,4,8H2,1-3H3,(H,14,15). The smallest absolute Gasteiger partial charge is 0.161 e. The molecule has 0 aliphatic carbocycles. The summed E-state index contributed by atoms with van der Waals surface area (Å²) < 4.78 is 10.5. The van der Waals surface area contributed by atoms with Crippen LogP contribution in [0.15, 0.2) is 23.2 Å². The Morgan fingerprint density at radius 3 is 2.44 bits per heavy atom. The van der Waals surface area contributed by atoms with Crippen LogP contribution in [0.5, 0.6) is 11.5 Å². The van der Waals surface area contributed by atoms with Crippen molar-refractivity contribution in [3.63, 3.8) is 0 Å². The van der Waals surface area contributed by atoms with Gasteiger partial charge in [-0.1, -0.05) is 18.7 Å². The van der Waals surface area contributed by atoms with Crippen molar-refractivity contribution in [3.8, 4) is 11.5 Å². The van der Waals surface area contributed by atoms with Crippen LogP contribution >= 0.6 is 11.8 Å². The Hall–Kier alpha value is -1.36. The number of thioether (sulfide) groups is 1. The largest absolute Gasteiger partial charge is 0.497 e. The van der Waals surface area contributed by atoms with Crippen molar-refractivity contribution in [2.75, 3.05) is 26.1 Å². The quantitative estimate of drug-likeness (QED) is 0.909. The first-order chi connectivity index (χ1) is 8.75. The highest BCUT2D eigenvalue weighted by atomic mass is 32.2. The lowest BCUT2D eigenvalue weighted by atomic mass is 10.3. The number of methoxy groups -OCH3 is 2. The van der Waals surface area contributed by atoms with E-state index in [1.54, 1.807) is 26.0 Å². The number of rotatable bonds is 4. The Bertz CT molecular complexity index is 426. The zero-order valence-electron chi connectivity index (χ0n) is 10.9. The van der Waals surface area contributed by atoms with Gasteiger partial charge in [0.2, 0.25) is 0 Å². The van der Waals surface area contributed by atoms with Gasteiger partial charge in [0.25, 0.3) is 0 Å². The second kappa shape index (κ2) is 6.00. The number of amidine groups is 1. The van der Waals surface area contributed by atoms with E-state index in [9.17, 15) is 0 Å². The number of ether oxygens (including phenoxy) is 2. The SMILES string of the molecule is CCC1CN=C(Nc2cc(OC)cc(OC)c2)S1. The number of anilines is 1. The molecule has 4 nitrogen and oxygen atoms in total. The van der Waals surface area contributed by atoms with Crippen molar-refractivity contribution in [3.05, 3.63) is 18.2 Å². The minimum Gasteiger partial charge on any atom is -0.497 e. The molecule has 1 heterocycles. The van der Waals surface area contributed by atoms with Crippen LogP contribution in [-0.4, -0.2) is 31.2 Å². The predicted octanol–water partition coefficient (Wildman–Crippen LogP) is 3.00. The molecule has 0 fully saturated rings. The fraction of sp³-hybridized carbons (Fsp3) is 0.462. The van der Waals surface area contributed by atoms with E-state index in [-0.39, 0.29) is 0 Å². The summed E-state index contributed by atoms with van der Waals surface area (Å²) in [6, 6.07) is 5.72. The highest BCUT2D eigenvalue weighted by molar-refractivity contribution is 8.15. The fourth-order valence-corrected chi connectivity index (χ4v) is 2.66. The van der Waals surface area contributed by atoms with Crippen LogP contribution in [0.1, 0.15) is 13.3 Å². The highest BCUT2D eigenvalue weighted by Gasteiger charge is 2.18. The van der Waals surface area contributed by atoms with Crippen LogP contribution in [0, 0.1) is 0 Å². The first-order valence-corrected chi connectivity index (χ1v) is 6.84. The minimum atomic E-state index is 0.597. The number of nitrogens with zero attached hydrogens (tertiary/aromatic N) is 1. The summed E-state index contributed by atoms with van der Waals surface area (Å²) in [7, 11) is 3.29. The van der Waals surface area contributed by atoms with Gasteiger partial charge in [0.15, 0.2) is 5.17 Å². The molecule has 98 valence electrons. The van der Waals surface area contributed by atoms with Gasteiger partial charge in [0.1, 0.15) is 11.5 Å². The molecule has 5 heteroatoms.